The standard InChI is InChI=1S/C26H48O2/c1-4-22-16-20(14-15-27)10-12-25(22)26-13-11-24(17-23(26)5-2)28-18-21-8-6-19(3)7-9-21/h19-27H,4-18H2,1-3H3. The fourth-order valence-corrected chi connectivity index (χ4v) is 7.06. The van der Waals surface area contributed by atoms with Gasteiger partial charge in [0.1, 0.15) is 0 Å². The van der Waals surface area contributed by atoms with Crippen molar-refractivity contribution in [1.29, 1.82) is 0 Å². The Morgan fingerprint density at radius 1 is 0.750 bits per heavy atom. The highest BCUT2D eigenvalue weighted by Crippen LogP contribution is 2.48. The van der Waals surface area contributed by atoms with E-state index in [0.717, 1.165) is 54.5 Å². The predicted octanol–water partition coefficient (Wildman–Crippen LogP) is 6.85. The lowest BCUT2D eigenvalue weighted by Crippen LogP contribution is -2.39. The molecule has 0 saturated heterocycles. The van der Waals surface area contributed by atoms with E-state index in [-0.39, 0.29) is 0 Å². The average Bonchev–Trinajstić information content (AvgIpc) is 2.73. The molecule has 0 heterocycles. The number of hydrogen-bond donors (Lipinski definition) is 1. The maximum absolute atomic E-state index is 9.35. The van der Waals surface area contributed by atoms with E-state index in [0.29, 0.717) is 12.7 Å². The number of ether oxygens (including phenoxy) is 1. The lowest BCUT2D eigenvalue weighted by atomic mass is 9.60. The molecule has 0 aromatic rings. The second-order valence-electron chi connectivity index (χ2n) is 10.8. The molecule has 0 radical (unpaired) electrons. The van der Waals surface area contributed by atoms with Crippen LogP contribution >= 0.6 is 0 Å². The molecular weight excluding hydrogens is 344 g/mol. The van der Waals surface area contributed by atoms with Crippen LogP contribution in [0.5, 0.6) is 0 Å². The first-order valence-electron chi connectivity index (χ1n) is 12.9. The summed E-state index contributed by atoms with van der Waals surface area (Å²) in [6.45, 7) is 8.64. The van der Waals surface area contributed by atoms with Crippen molar-refractivity contribution in [2.45, 2.75) is 110 Å². The predicted molar refractivity (Wildman–Crippen MR) is 118 cm³/mol. The van der Waals surface area contributed by atoms with Crippen LogP contribution in [0, 0.1) is 41.4 Å². The van der Waals surface area contributed by atoms with Gasteiger partial charge in [-0.3, -0.25) is 0 Å². The summed E-state index contributed by atoms with van der Waals surface area (Å²) < 4.78 is 6.50. The van der Waals surface area contributed by atoms with Gasteiger partial charge in [-0.1, -0.05) is 52.9 Å². The monoisotopic (exact) mass is 392 g/mol. The van der Waals surface area contributed by atoms with Crippen LogP contribution in [-0.2, 0) is 4.74 Å². The van der Waals surface area contributed by atoms with Gasteiger partial charge in [0.25, 0.3) is 0 Å². The summed E-state index contributed by atoms with van der Waals surface area (Å²) in [7, 11) is 0. The van der Waals surface area contributed by atoms with E-state index in [1.165, 1.54) is 77.0 Å². The zero-order valence-corrected chi connectivity index (χ0v) is 19.1. The Kier molecular flexibility index (Phi) is 9.16. The molecule has 3 saturated carbocycles. The highest BCUT2D eigenvalue weighted by atomic mass is 16.5. The zero-order valence-electron chi connectivity index (χ0n) is 19.1. The highest BCUT2D eigenvalue weighted by Gasteiger charge is 2.40. The summed E-state index contributed by atoms with van der Waals surface area (Å²) in [6.07, 6.45) is 18.0. The van der Waals surface area contributed by atoms with Crippen molar-refractivity contribution < 1.29 is 9.84 Å². The van der Waals surface area contributed by atoms with Crippen LogP contribution in [0.1, 0.15) is 104 Å². The minimum Gasteiger partial charge on any atom is -0.396 e. The largest absolute Gasteiger partial charge is 0.396 e. The summed E-state index contributed by atoms with van der Waals surface area (Å²) in [5.74, 6) is 6.19. The molecule has 0 aromatic carbocycles. The quantitative estimate of drug-likeness (QED) is 0.489. The second kappa shape index (κ2) is 11.3. The van der Waals surface area contributed by atoms with E-state index in [2.05, 4.69) is 20.8 Å². The maximum atomic E-state index is 9.35. The molecular formula is C26H48O2. The number of rotatable bonds is 8. The van der Waals surface area contributed by atoms with Crippen molar-refractivity contribution in [3.05, 3.63) is 0 Å². The van der Waals surface area contributed by atoms with Gasteiger partial charge in [-0.2, -0.15) is 0 Å². The van der Waals surface area contributed by atoms with Gasteiger partial charge in [-0.25, -0.2) is 0 Å². The Hall–Kier alpha value is -0.0800. The van der Waals surface area contributed by atoms with Crippen LogP contribution in [-0.4, -0.2) is 24.4 Å². The van der Waals surface area contributed by atoms with Crippen molar-refractivity contribution in [3.8, 4) is 0 Å². The number of hydrogen-bond acceptors (Lipinski definition) is 2. The van der Waals surface area contributed by atoms with Crippen LogP contribution in [0.15, 0.2) is 0 Å². The fraction of sp³-hybridized carbons (Fsp3) is 1.00. The van der Waals surface area contributed by atoms with Gasteiger partial charge in [0.05, 0.1) is 6.10 Å². The molecule has 0 aliphatic heterocycles. The van der Waals surface area contributed by atoms with Gasteiger partial charge in [0.15, 0.2) is 0 Å². The molecule has 1 N–H and O–H groups in total. The smallest absolute Gasteiger partial charge is 0.0578 e. The minimum atomic E-state index is 0.381. The molecule has 3 fully saturated rings. The van der Waals surface area contributed by atoms with Crippen LogP contribution < -0.4 is 0 Å². The summed E-state index contributed by atoms with van der Waals surface area (Å²) >= 11 is 0. The maximum Gasteiger partial charge on any atom is 0.0578 e. The summed E-state index contributed by atoms with van der Waals surface area (Å²) in [5, 5.41) is 9.35. The van der Waals surface area contributed by atoms with Gasteiger partial charge >= 0.3 is 0 Å². The van der Waals surface area contributed by atoms with Crippen molar-refractivity contribution in [2.75, 3.05) is 13.2 Å². The van der Waals surface area contributed by atoms with Gasteiger partial charge in [0.2, 0.25) is 0 Å². The third-order valence-electron chi connectivity index (χ3n) is 8.98. The summed E-state index contributed by atoms with van der Waals surface area (Å²) in [6, 6.07) is 0. The molecule has 2 nitrogen and oxygen atoms in total. The molecule has 3 aliphatic carbocycles. The Morgan fingerprint density at radius 3 is 2.00 bits per heavy atom. The molecule has 6 unspecified atom stereocenters. The van der Waals surface area contributed by atoms with E-state index in [1.54, 1.807) is 0 Å². The molecule has 2 heteroatoms. The Bertz CT molecular complexity index is 428. The topological polar surface area (TPSA) is 29.5 Å². The lowest BCUT2D eigenvalue weighted by molar-refractivity contribution is -0.0459. The zero-order chi connectivity index (χ0) is 19.9. The third kappa shape index (κ3) is 5.97. The average molecular weight is 393 g/mol. The summed E-state index contributed by atoms with van der Waals surface area (Å²) in [5.41, 5.74) is 0. The van der Waals surface area contributed by atoms with E-state index in [9.17, 15) is 5.11 Å². The molecule has 0 bridgehead atoms. The Balaban J connectivity index is 1.48. The van der Waals surface area contributed by atoms with Crippen molar-refractivity contribution in [3.63, 3.8) is 0 Å². The number of aliphatic hydroxyl groups is 1. The highest BCUT2D eigenvalue weighted by molar-refractivity contribution is 4.90. The van der Waals surface area contributed by atoms with Gasteiger partial charge in [0, 0.05) is 13.2 Å². The first-order valence-corrected chi connectivity index (χ1v) is 12.9. The Labute approximate surface area is 175 Å². The molecule has 0 aromatic heterocycles. The fourth-order valence-electron chi connectivity index (χ4n) is 7.06. The van der Waals surface area contributed by atoms with Crippen molar-refractivity contribution in [2.24, 2.45) is 41.4 Å². The van der Waals surface area contributed by atoms with Gasteiger partial charge < -0.3 is 9.84 Å². The molecule has 6 atom stereocenters. The van der Waals surface area contributed by atoms with E-state index in [4.69, 9.17) is 4.74 Å². The van der Waals surface area contributed by atoms with Crippen LogP contribution in [0.25, 0.3) is 0 Å². The van der Waals surface area contributed by atoms with E-state index >= 15 is 0 Å². The third-order valence-corrected chi connectivity index (χ3v) is 8.98. The number of aliphatic hydroxyl groups excluding tert-OH is 1. The lowest BCUT2D eigenvalue weighted by Gasteiger charge is -2.46. The van der Waals surface area contributed by atoms with E-state index in [1.807, 2.05) is 0 Å². The normalized spacial score (nSPS) is 42.4. The first kappa shape index (κ1) is 22.6. The first-order chi connectivity index (χ1) is 13.6. The molecule has 0 spiro atoms. The van der Waals surface area contributed by atoms with Gasteiger partial charge in [-0.15, -0.1) is 0 Å². The molecule has 3 aliphatic rings. The minimum absolute atomic E-state index is 0.381. The molecule has 0 amide bonds. The molecule has 164 valence electrons. The van der Waals surface area contributed by atoms with Crippen molar-refractivity contribution >= 4 is 0 Å². The van der Waals surface area contributed by atoms with Crippen molar-refractivity contribution in [1.82, 2.24) is 0 Å². The second-order valence-corrected chi connectivity index (χ2v) is 10.8. The van der Waals surface area contributed by atoms with Crippen LogP contribution in [0.3, 0.4) is 0 Å². The molecule has 3 rings (SSSR count). The SMILES string of the molecule is CCC1CC(CCO)CCC1C1CCC(OCC2CCC(C)CC2)CC1CC. The Morgan fingerprint density at radius 2 is 1.36 bits per heavy atom. The van der Waals surface area contributed by atoms with E-state index < -0.39 is 0 Å². The van der Waals surface area contributed by atoms with Crippen LogP contribution in [0.4, 0.5) is 0 Å². The summed E-state index contributed by atoms with van der Waals surface area (Å²) in [4.78, 5) is 0. The van der Waals surface area contributed by atoms with Crippen LogP contribution in [0.2, 0.25) is 0 Å². The molecule has 28 heavy (non-hydrogen) atoms. The van der Waals surface area contributed by atoms with Gasteiger partial charge in [-0.05, 0) is 92.8 Å².